The smallest absolute Gasteiger partial charge is 0.258 e. The minimum atomic E-state index is -1.25. The molecule has 1 aliphatic rings. The molecule has 2 aromatic rings. The Kier molecular flexibility index (Phi) is 4.52. The largest absolute Gasteiger partial charge is 0.380 e. The zero-order valence-corrected chi connectivity index (χ0v) is 14.0. The summed E-state index contributed by atoms with van der Waals surface area (Å²) in [6.07, 6.45) is 0.999. The maximum atomic E-state index is 12.3. The molecule has 0 radical (unpaired) electrons. The molecule has 0 aliphatic carbocycles. The van der Waals surface area contributed by atoms with Crippen LogP contribution in [0.1, 0.15) is 18.4 Å². The van der Waals surface area contributed by atoms with Gasteiger partial charge in [-0.25, -0.2) is 4.98 Å². The van der Waals surface area contributed by atoms with Gasteiger partial charge in [0.25, 0.3) is 5.91 Å². The molecule has 1 saturated heterocycles. The van der Waals surface area contributed by atoms with Crippen molar-refractivity contribution in [3.8, 4) is 11.3 Å². The first-order chi connectivity index (χ1) is 10.6. The van der Waals surface area contributed by atoms with Crippen molar-refractivity contribution in [3.05, 3.63) is 35.2 Å². The van der Waals surface area contributed by atoms with Crippen LogP contribution in [0.25, 0.3) is 11.3 Å². The lowest BCUT2D eigenvalue weighted by Crippen LogP contribution is -2.45. The predicted octanol–water partition coefficient (Wildman–Crippen LogP) is 3.32. The molecular formula is C16H18N2O2S2. The lowest BCUT2D eigenvalue weighted by Gasteiger charge is -2.29. The Morgan fingerprint density at radius 3 is 2.64 bits per heavy atom. The summed E-state index contributed by atoms with van der Waals surface area (Å²) in [4.78, 5) is 16.7. The van der Waals surface area contributed by atoms with E-state index in [2.05, 4.69) is 10.3 Å². The van der Waals surface area contributed by atoms with Crippen LogP contribution < -0.4 is 5.32 Å². The molecule has 2 N–H and O–H groups in total. The Labute approximate surface area is 138 Å². The predicted molar refractivity (Wildman–Crippen MR) is 92.4 cm³/mol. The third-order valence-corrected chi connectivity index (χ3v) is 5.56. The number of aryl methyl sites for hydroxylation is 1. The van der Waals surface area contributed by atoms with E-state index in [1.54, 1.807) is 11.8 Å². The summed E-state index contributed by atoms with van der Waals surface area (Å²) >= 11 is 3.15. The number of thiazole rings is 1. The van der Waals surface area contributed by atoms with Gasteiger partial charge in [0.2, 0.25) is 0 Å². The maximum Gasteiger partial charge on any atom is 0.258 e. The maximum absolute atomic E-state index is 12.3. The molecule has 4 nitrogen and oxygen atoms in total. The van der Waals surface area contributed by atoms with Crippen LogP contribution in [-0.4, -0.2) is 33.1 Å². The van der Waals surface area contributed by atoms with Crippen molar-refractivity contribution >= 4 is 34.1 Å². The van der Waals surface area contributed by atoms with Crippen LogP contribution in [0.2, 0.25) is 0 Å². The highest BCUT2D eigenvalue weighted by Gasteiger charge is 2.37. The van der Waals surface area contributed by atoms with Crippen LogP contribution in [0.3, 0.4) is 0 Å². The Bertz CT molecular complexity index is 661. The molecule has 0 atom stereocenters. The van der Waals surface area contributed by atoms with Crippen LogP contribution in [-0.2, 0) is 4.79 Å². The molecule has 6 heteroatoms. The minimum absolute atomic E-state index is 0.336. The summed E-state index contributed by atoms with van der Waals surface area (Å²) in [5, 5.41) is 15.6. The monoisotopic (exact) mass is 334 g/mol. The van der Waals surface area contributed by atoms with Gasteiger partial charge in [-0.05, 0) is 31.3 Å². The topological polar surface area (TPSA) is 62.2 Å². The molecule has 0 saturated carbocycles. The van der Waals surface area contributed by atoms with E-state index in [0.717, 1.165) is 22.8 Å². The Morgan fingerprint density at radius 1 is 1.27 bits per heavy atom. The van der Waals surface area contributed by atoms with Crippen molar-refractivity contribution in [1.82, 2.24) is 4.98 Å². The van der Waals surface area contributed by atoms with E-state index >= 15 is 0 Å². The van der Waals surface area contributed by atoms with Crippen molar-refractivity contribution in [2.24, 2.45) is 0 Å². The SMILES string of the molecule is Cc1ccc(-c2csc(NC(=O)C3(O)CCSCC3)n2)cc1. The van der Waals surface area contributed by atoms with Gasteiger partial charge in [-0.1, -0.05) is 29.8 Å². The number of aromatic nitrogens is 1. The number of carbonyl (C=O) groups excluding carboxylic acids is 1. The Balaban J connectivity index is 1.71. The number of hydrogen-bond acceptors (Lipinski definition) is 5. The molecule has 1 aromatic carbocycles. The molecule has 1 aromatic heterocycles. The lowest BCUT2D eigenvalue weighted by atomic mass is 9.96. The van der Waals surface area contributed by atoms with Gasteiger partial charge in [0, 0.05) is 10.9 Å². The Morgan fingerprint density at radius 2 is 1.95 bits per heavy atom. The first-order valence-electron chi connectivity index (χ1n) is 7.21. The van der Waals surface area contributed by atoms with Crippen LogP contribution in [0, 0.1) is 6.92 Å². The average Bonchev–Trinajstić information content (AvgIpc) is 2.97. The molecule has 116 valence electrons. The third-order valence-electron chi connectivity index (χ3n) is 3.81. The van der Waals surface area contributed by atoms with Gasteiger partial charge < -0.3 is 5.11 Å². The van der Waals surface area contributed by atoms with E-state index in [1.807, 2.05) is 36.6 Å². The van der Waals surface area contributed by atoms with E-state index in [9.17, 15) is 9.90 Å². The number of rotatable bonds is 3. The molecule has 1 amide bonds. The summed E-state index contributed by atoms with van der Waals surface area (Å²) in [6.45, 7) is 2.04. The molecule has 0 bridgehead atoms. The van der Waals surface area contributed by atoms with Crippen LogP contribution in [0.15, 0.2) is 29.6 Å². The Hall–Kier alpha value is -1.37. The zero-order chi connectivity index (χ0) is 15.6. The summed E-state index contributed by atoms with van der Waals surface area (Å²) in [5.41, 5.74) is 1.81. The zero-order valence-electron chi connectivity index (χ0n) is 12.3. The van der Waals surface area contributed by atoms with E-state index < -0.39 is 5.60 Å². The number of hydrogen-bond donors (Lipinski definition) is 2. The molecule has 3 rings (SSSR count). The highest BCUT2D eigenvalue weighted by Crippen LogP contribution is 2.30. The van der Waals surface area contributed by atoms with Crippen molar-refractivity contribution in [2.75, 3.05) is 16.8 Å². The second-order valence-electron chi connectivity index (χ2n) is 5.50. The van der Waals surface area contributed by atoms with E-state index in [4.69, 9.17) is 0 Å². The fourth-order valence-electron chi connectivity index (χ4n) is 2.34. The van der Waals surface area contributed by atoms with E-state index in [1.165, 1.54) is 16.9 Å². The highest BCUT2D eigenvalue weighted by molar-refractivity contribution is 7.99. The van der Waals surface area contributed by atoms with Crippen LogP contribution >= 0.6 is 23.1 Å². The highest BCUT2D eigenvalue weighted by atomic mass is 32.2. The number of benzene rings is 1. The van der Waals surface area contributed by atoms with E-state index in [0.29, 0.717) is 18.0 Å². The lowest BCUT2D eigenvalue weighted by molar-refractivity contribution is -0.134. The normalized spacial score (nSPS) is 17.2. The number of anilines is 1. The first-order valence-corrected chi connectivity index (χ1v) is 9.24. The third kappa shape index (κ3) is 3.34. The minimum Gasteiger partial charge on any atom is -0.380 e. The quantitative estimate of drug-likeness (QED) is 0.904. The fraction of sp³-hybridized carbons (Fsp3) is 0.375. The number of amides is 1. The number of nitrogens with zero attached hydrogens (tertiary/aromatic N) is 1. The van der Waals surface area contributed by atoms with Gasteiger partial charge >= 0.3 is 0 Å². The first kappa shape index (κ1) is 15.5. The standard InChI is InChI=1S/C16H18N2O2S2/c1-11-2-4-12(5-3-11)13-10-22-15(17-13)18-14(19)16(20)6-8-21-9-7-16/h2-5,10,20H,6-9H2,1H3,(H,17,18,19). The van der Waals surface area contributed by atoms with Crippen molar-refractivity contribution < 1.29 is 9.90 Å². The summed E-state index contributed by atoms with van der Waals surface area (Å²) in [6, 6.07) is 8.11. The molecule has 0 unspecified atom stereocenters. The number of aliphatic hydroxyl groups is 1. The van der Waals surface area contributed by atoms with Gasteiger partial charge in [0.1, 0.15) is 5.60 Å². The van der Waals surface area contributed by atoms with Crippen molar-refractivity contribution in [3.63, 3.8) is 0 Å². The molecule has 1 aliphatic heterocycles. The molecule has 0 spiro atoms. The molecule has 2 heterocycles. The summed E-state index contributed by atoms with van der Waals surface area (Å²) in [7, 11) is 0. The average molecular weight is 334 g/mol. The number of nitrogens with one attached hydrogen (secondary N) is 1. The number of carbonyl (C=O) groups is 1. The number of thioether (sulfide) groups is 1. The van der Waals surface area contributed by atoms with Gasteiger partial charge in [-0.2, -0.15) is 11.8 Å². The fourth-order valence-corrected chi connectivity index (χ4v) is 4.22. The second-order valence-corrected chi connectivity index (χ2v) is 7.58. The summed E-state index contributed by atoms with van der Waals surface area (Å²) < 4.78 is 0. The second kappa shape index (κ2) is 6.40. The van der Waals surface area contributed by atoms with Gasteiger partial charge in [-0.3, -0.25) is 10.1 Å². The molecule has 22 heavy (non-hydrogen) atoms. The van der Waals surface area contributed by atoms with Gasteiger partial charge in [0.15, 0.2) is 5.13 Å². The van der Waals surface area contributed by atoms with Gasteiger partial charge in [0.05, 0.1) is 5.69 Å². The molecular weight excluding hydrogens is 316 g/mol. The van der Waals surface area contributed by atoms with Crippen LogP contribution in [0.5, 0.6) is 0 Å². The van der Waals surface area contributed by atoms with E-state index in [-0.39, 0.29) is 5.91 Å². The van der Waals surface area contributed by atoms with Gasteiger partial charge in [-0.15, -0.1) is 11.3 Å². The van der Waals surface area contributed by atoms with Crippen molar-refractivity contribution in [2.45, 2.75) is 25.4 Å². The molecule has 1 fully saturated rings. The van der Waals surface area contributed by atoms with Crippen LogP contribution in [0.4, 0.5) is 5.13 Å². The summed E-state index contributed by atoms with van der Waals surface area (Å²) in [5.74, 6) is 1.30. The van der Waals surface area contributed by atoms with Crippen molar-refractivity contribution in [1.29, 1.82) is 0 Å².